The first-order valence-corrected chi connectivity index (χ1v) is 11.6. The third-order valence-corrected chi connectivity index (χ3v) is 6.42. The van der Waals surface area contributed by atoms with E-state index in [2.05, 4.69) is 52.8 Å². The van der Waals surface area contributed by atoms with Gasteiger partial charge in [0.25, 0.3) is 0 Å². The van der Waals surface area contributed by atoms with Crippen LogP contribution in [0.3, 0.4) is 0 Å². The van der Waals surface area contributed by atoms with Crippen molar-refractivity contribution in [2.75, 3.05) is 12.4 Å². The molecule has 0 aliphatic carbocycles. The van der Waals surface area contributed by atoms with Gasteiger partial charge in [0.1, 0.15) is 11.8 Å². The van der Waals surface area contributed by atoms with E-state index in [0.29, 0.717) is 32.7 Å². The maximum atomic E-state index is 9.71. The number of nitrogens with zero attached hydrogens (tertiary/aromatic N) is 2. The van der Waals surface area contributed by atoms with Crippen molar-refractivity contribution in [2.45, 2.75) is 0 Å². The summed E-state index contributed by atoms with van der Waals surface area (Å²) in [6.07, 6.45) is 1.56. The maximum absolute atomic E-state index is 9.71. The normalized spacial score (nSPS) is 10.7. The topological polar surface area (TPSA) is 57.9 Å². The number of ether oxygens (including phenoxy) is 1. The average molecular weight is 496 g/mol. The summed E-state index contributed by atoms with van der Waals surface area (Å²) >= 11 is 12.6. The Morgan fingerprint density at radius 1 is 0.800 bits per heavy atom. The lowest BCUT2D eigenvalue weighted by molar-refractivity contribution is 0.415. The van der Waals surface area contributed by atoms with Gasteiger partial charge in [-0.1, -0.05) is 89.9 Å². The molecule has 1 heterocycles. The van der Waals surface area contributed by atoms with Crippen molar-refractivity contribution >= 4 is 45.5 Å². The molecule has 0 radical (unpaired) electrons. The number of rotatable bonds is 5. The Labute approximate surface area is 213 Å². The molecule has 5 aromatic rings. The zero-order chi connectivity index (χ0) is 24.4. The smallest absolute Gasteiger partial charge is 0.139 e. The van der Waals surface area contributed by atoms with Crippen molar-refractivity contribution in [3.8, 4) is 34.1 Å². The molecule has 4 nitrogen and oxygen atoms in total. The number of halogens is 2. The van der Waals surface area contributed by atoms with Crippen LogP contribution in [-0.2, 0) is 0 Å². The fourth-order valence-corrected chi connectivity index (χ4v) is 4.50. The van der Waals surface area contributed by atoms with E-state index >= 15 is 0 Å². The van der Waals surface area contributed by atoms with Gasteiger partial charge in [-0.25, -0.2) is 0 Å². The van der Waals surface area contributed by atoms with Crippen molar-refractivity contribution in [1.29, 1.82) is 5.26 Å². The number of methoxy groups -OCH3 is 1. The van der Waals surface area contributed by atoms with Crippen molar-refractivity contribution in [3.63, 3.8) is 0 Å². The van der Waals surface area contributed by atoms with E-state index in [0.717, 1.165) is 27.6 Å². The summed E-state index contributed by atoms with van der Waals surface area (Å²) in [6, 6.07) is 30.2. The van der Waals surface area contributed by atoms with Gasteiger partial charge in [-0.05, 0) is 34.4 Å². The molecule has 5 rings (SSSR count). The summed E-state index contributed by atoms with van der Waals surface area (Å²) in [7, 11) is 1.54. The molecule has 1 aromatic heterocycles. The van der Waals surface area contributed by atoms with Crippen LogP contribution in [0.4, 0.5) is 11.4 Å². The Bertz CT molecular complexity index is 1580. The van der Waals surface area contributed by atoms with Crippen LogP contribution in [0.1, 0.15) is 5.56 Å². The molecule has 170 valence electrons. The minimum absolute atomic E-state index is 0.405. The molecule has 0 unspecified atom stereocenters. The summed E-state index contributed by atoms with van der Waals surface area (Å²) in [6.45, 7) is 0. The molecule has 0 spiro atoms. The largest absolute Gasteiger partial charge is 0.495 e. The van der Waals surface area contributed by atoms with Crippen molar-refractivity contribution in [2.24, 2.45) is 0 Å². The number of hydrogen-bond acceptors (Lipinski definition) is 4. The summed E-state index contributed by atoms with van der Waals surface area (Å²) in [5.41, 5.74) is 6.82. The molecule has 4 aromatic carbocycles. The first-order valence-electron chi connectivity index (χ1n) is 10.9. The SMILES string of the molecule is COc1cc(Nc2c(C#N)cnc3cc(-c4ccc(-c5ccccc5)cc4)ccc23)c(Cl)cc1Cl. The van der Waals surface area contributed by atoms with Crippen LogP contribution in [0.2, 0.25) is 10.0 Å². The van der Waals surface area contributed by atoms with Crippen LogP contribution in [0, 0.1) is 11.3 Å². The van der Waals surface area contributed by atoms with E-state index < -0.39 is 0 Å². The molecule has 6 heteroatoms. The van der Waals surface area contributed by atoms with Crippen LogP contribution < -0.4 is 10.1 Å². The van der Waals surface area contributed by atoms with Crippen LogP contribution in [0.25, 0.3) is 33.2 Å². The van der Waals surface area contributed by atoms with Gasteiger partial charge in [0.2, 0.25) is 0 Å². The van der Waals surface area contributed by atoms with Gasteiger partial charge in [0.15, 0.2) is 0 Å². The second-order valence-corrected chi connectivity index (χ2v) is 8.74. The van der Waals surface area contributed by atoms with E-state index in [-0.39, 0.29) is 0 Å². The number of benzene rings is 4. The minimum atomic E-state index is 0.405. The van der Waals surface area contributed by atoms with Gasteiger partial charge >= 0.3 is 0 Å². The molecule has 0 bridgehead atoms. The zero-order valence-corrected chi connectivity index (χ0v) is 20.2. The lowest BCUT2D eigenvalue weighted by Gasteiger charge is -2.15. The lowest BCUT2D eigenvalue weighted by Crippen LogP contribution is -1.98. The molecule has 0 aliphatic rings. The standard InChI is InChI=1S/C29H19Cl2N3O/c1-35-28-15-27(24(30)14-25(28)31)34-29-22(16-32)17-33-26-13-21(11-12-23(26)29)20-9-7-19(8-10-20)18-5-3-2-4-6-18/h2-15,17H,1H3,(H,33,34). The van der Waals surface area contributed by atoms with Gasteiger partial charge in [-0.2, -0.15) is 5.26 Å². The van der Waals surface area contributed by atoms with Gasteiger partial charge in [-0.15, -0.1) is 0 Å². The van der Waals surface area contributed by atoms with Crippen LogP contribution >= 0.6 is 23.2 Å². The second kappa shape index (κ2) is 9.68. The fraction of sp³-hybridized carbons (Fsp3) is 0.0345. The molecule has 0 amide bonds. The molecule has 0 saturated heterocycles. The molecular weight excluding hydrogens is 477 g/mol. The highest BCUT2D eigenvalue weighted by Gasteiger charge is 2.14. The number of anilines is 2. The zero-order valence-electron chi connectivity index (χ0n) is 18.7. The van der Waals surface area contributed by atoms with Crippen LogP contribution in [0.15, 0.2) is 91.1 Å². The predicted molar refractivity (Wildman–Crippen MR) is 144 cm³/mol. The highest BCUT2D eigenvalue weighted by Crippen LogP contribution is 2.38. The molecule has 0 aliphatic heterocycles. The molecular formula is C29H19Cl2N3O. The van der Waals surface area contributed by atoms with Gasteiger partial charge in [0, 0.05) is 17.6 Å². The Morgan fingerprint density at radius 2 is 1.46 bits per heavy atom. The van der Waals surface area contributed by atoms with Gasteiger partial charge in [0.05, 0.1) is 39.6 Å². The van der Waals surface area contributed by atoms with Gasteiger partial charge < -0.3 is 10.1 Å². The van der Waals surface area contributed by atoms with Crippen molar-refractivity contribution < 1.29 is 4.74 Å². The minimum Gasteiger partial charge on any atom is -0.495 e. The number of fused-ring (bicyclic) bond motifs is 1. The van der Waals surface area contributed by atoms with Crippen molar-refractivity contribution in [1.82, 2.24) is 4.98 Å². The third-order valence-electron chi connectivity index (χ3n) is 5.82. The molecule has 0 saturated carbocycles. The summed E-state index contributed by atoms with van der Waals surface area (Å²) in [5.74, 6) is 0.483. The van der Waals surface area contributed by atoms with E-state index in [1.54, 1.807) is 18.3 Å². The van der Waals surface area contributed by atoms with E-state index in [1.807, 2.05) is 36.4 Å². The van der Waals surface area contributed by atoms with E-state index in [4.69, 9.17) is 27.9 Å². The first-order chi connectivity index (χ1) is 17.1. The Morgan fingerprint density at radius 3 is 2.14 bits per heavy atom. The van der Waals surface area contributed by atoms with Crippen LogP contribution in [-0.4, -0.2) is 12.1 Å². The van der Waals surface area contributed by atoms with E-state index in [1.165, 1.54) is 12.7 Å². The molecule has 35 heavy (non-hydrogen) atoms. The Hall–Kier alpha value is -4.04. The number of aromatic nitrogens is 1. The molecule has 1 N–H and O–H groups in total. The number of hydrogen-bond donors (Lipinski definition) is 1. The highest BCUT2D eigenvalue weighted by molar-refractivity contribution is 6.37. The number of nitrogens with one attached hydrogen (secondary N) is 1. The lowest BCUT2D eigenvalue weighted by atomic mass is 9.99. The monoisotopic (exact) mass is 495 g/mol. The summed E-state index contributed by atoms with van der Waals surface area (Å²) < 4.78 is 5.32. The Kier molecular flexibility index (Phi) is 6.29. The van der Waals surface area contributed by atoms with E-state index in [9.17, 15) is 5.26 Å². The highest BCUT2D eigenvalue weighted by atomic mass is 35.5. The Balaban J connectivity index is 1.53. The maximum Gasteiger partial charge on any atom is 0.139 e. The summed E-state index contributed by atoms with van der Waals surface area (Å²) in [5, 5.41) is 14.6. The third kappa shape index (κ3) is 4.52. The van der Waals surface area contributed by atoms with Crippen LogP contribution in [0.5, 0.6) is 5.75 Å². The summed E-state index contributed by atoms with van der Waals surface area (Å²) in [4.78, 5) is 4.53. The van der Waals surface area contributed by atoms with Crippen molar-refractivity contribution in [3.05, 3.63) is 107 Å². The second-order valence-electron chi connectivity index (χ2n) is 7.93. The number of nitriles is 1. The predicted octanol–water partition coefficient (Wildman–Crippen LogP) is 8.50. The first kappa shape index (κ1) is 22.7. The van der Waals surface area contributed by atoms with Gasteiger partial charge in [-0.3, -0.25) is 4.98 Å². The quantitative estimate of drug-likeness (QED) is 0.265. The average Bonchev–Trinajstić information content (AvgIpc) is 2.90. The molecule has 0 fully saturated rings. The number of pyridine rings is 1. The fourth-order valence-electron chi connectivity index (χ4n) is 3.99. The molecule has 0 atom stereocenters.